The SMILES string of the molecule is CCNC(=NCC1(O)CCSC1)N(C)CCOc1cccc(Cl)c1. The molecule has 0 aliphatic carbocycles. The molecule has 1 aromatic rings. The van der Waals surface area contributed by atoms with Crippen molar-refractivity contribution < 1.29 is 9.84 Å². The van der Waals surface area contributed by atoms with Crippen LogP contribution in [0.3, 0.4) is 0 Å². The molecule has 134 valence electrons. The molecule has 1 aliphatic heterocycles. The highest BCUT2D eigenvalue weighted by Crippen LogP contribution is 2.27. The van der Waals surface area contributed by atoms with Crippen LogP contribution in [0.1, 0.15) is 13.3 Å². The first-order valence-corrected chi connectivity index (χ1v) is 9.73. The van der Waals surface area contributed by atoms with Gasteiger partial charge >= 0.3 is 0 Å². The zero-order valence-electron chi connectivity index (χ0n) is 14.3. The predicted octanol–water partition coefficient (Wildman–Crippen LogP) is 2.48. The Kier molecular flexibility index (Phi) is 7.52. The van der Waals surface area contributed by atoms with Crippen molar-refractivity contribution in [2.75, 3.05) is 44.8 Å². The Morgan fingerprint density at radius 1 is 1.54 bits per heavy atom. The quantitative estimate of drug-likeness (QED) is 0.569. The average molecular weight is 372 g/mol. The van der Waals surface area contributed by atoms with E-state index in [1.165, 1.54) is 0 Å². The van der Waals surface area contributed by atoms with Crippen molar-refractivity contribution >= 4 is 29.3 Å². The summed E-state index contributed by atoms with van der Waals surface area (Å²) in [5, 5.41) is 14.4. The van der Waals surface area contributed by atoms with Crippen LogP contribution in [0.2, 0.25) is 5.02 Å². The van der Waals surface area contributed by atoms with Gasteiger partial charge in [0.25, 0.3) is 0 Å². The molecule has 2 N–H and O–H groups in total. The average Bonchev–Trinajstić information content (AvgIpc) is 2.98. The van der Waals surface area contributed by atoms with Crippen molar-refractivity contribution in [1.29, 1.82) is 0 Å². The molecule has 1 fully saturated rings. The van der Waals surface area contributed by atoms with Gasteiger partial charge in [0, 0.05) is 24.4 Å². The third-order valence-electron chi connectivity index (χ3n) is 3.79. The fourth-order valence-electron chi connectivity index (χ4n) is 2.38. The summed E-state index contributed by atoms with van der Waals surface area (Å²) in [7, 11) is 1.97. The van der Waals surface area contributed by atoms with E-state index in [9.17, 15) is 5.11 Å². The Morgan fingerprint density at radius 3 is 3.04 bits per heavy atom. The number of nitrogens with zero attached hydrogens (tertiary/aromatic N) is 2. The van der Waals surface area contributed by atoms with Crippen molar-refractivity contribution in [2.24, 2.45) is 4.99 Å². The van der Waals surface area contributed by atoms with Gasteiger partial charge in [-0.05, 0) is 37.3 Å². The Balaban J connectivity index is 1.85. The Bertz CT molecular complexity index is 550. The van der Waals surface area contributed by atoms with Crippen molar-refractivity contribution in [3.05, 3.63) is 29.3 Å². The minimum absolute atomic E-state index is 0.432. The zero-order chi connectivity index (χ0) is 17.4. The van der Waals surface area contributed by atoms with Crippen LogP contribution in [0, 0.1) is 0 Å². The number of aliphatic hydroxyl groups is 1. The van der Waals surface area contributed by atoms with E-state index in [-0.39, 0.29) is 0 Å². The summed E-state index contributed by atoms with van der Waals surface area (Å²) in [6.07, 6.45) is 0.808. The fourth-order valence-corrected chi connectivity index (χ4v) is 3.84. The smallest absolute Gasteiger partial charge is 0.193 e. The maximum absolute atomic E-state index is 10.4. The van der Waals surface area contributed by atoms with Crippen LogP contribution < -0.4 is 10.1 Å². The van der Waals surface area contributed by atoms with Gasteiger partial charge in [-0.2, -0.15) is 11.8 Å². The first kappa shape index (κ1) is 19.2. The second-order valence-corrected chi connectivity index (χ2v) is 7.47. The van der Waals surface area contributed by atoms with E-state index in [0.29, 0.717) is 24.7 Å². The lowest BCUT2D eigenvalue weighted by molar-refractivity contribution is 0.0776. The molecule has 0 bridgehead atoms. The minimum atomic E-state index is -0.663. The number of nitrogens with one attached hydrogen (secondary N) is 1. The van der Waals surface area contributed by atoms with Crippen LogP contribution in [0.15, 0.2) is 29.3 Å². The number of thioether (sulfide) groups is 1. The van der Waals surface area contributed by atoms with Crippen molar-refractivity contribution in [2.45, 2.75) is 18.9 Å². The Hall–Kier alpha value is -1.11. The number of benzene rings is 1. The zero-order valence-corrected chi connectivity index (χ0v) is 15.9. The Labute approximate surface area is 153 Å². The highest BCUT2D eigenvalue weighted by Gasteiger charge is 2.31. The number of likely N-dealkylation sites (N-methyl/N-ethyl adjacent to an activating group) is 1. The summed E-state index contributed by atoms with van der Waals surface area (Å²) in [5.74, 6) is 3.32. The van der Waals surface area contributed by atoms with Crippen LogP contribution in [-0.2, 0) is 0 Å². The van der Waals surface area contributed by atoms with Gasteiger partial charge in [0.15, 0.2) is 5.96 Å². The summed E-state index contributed by atoms with van der Waals surface area (Å²) >= 11 is 7.73. The normalized spacial score (nSPS) is 20.9. The second-order valence-electron chi connectivity index (χ2n) is 5.92. The molecule has 0 radical (unpaired) electrons. The number of rotatable bonds is 7. The van der Waals surface area contributed by atoms with Gasteiger partial charge in [0.1, 0.15) is 12.4 Å². The van der Waals surface area contributed by atoms with Gasteiger partial charge in [-0.15, -0.1) is 0 Å². The summed E-state index contributed by atoms with van der Waals surface area (Å²) in [6.45, 7) is 4.46. The molecule has 0 amide bonds. The van der Waals surface area contributed by atoms with E-state index < -0.39 is 5.60 Å². The summed E-state index contributed by atoms with van der Waals surface area (Å²) in [5.41, 5.74) is -0.663. The van der Waals surface area contributed by atoms with Gasteiger partial charge in [-0.25, -0.2) is 0 Å². The second kappa shape index (κ2) is 9.39. The number of hydrogen-bond acceptors (Lipinski definition) is 4. The molecule has 1 unspecified atom stereocenters. The van der Waals surface area contributed by atoms with Crippen LogP contribution in [0.25, 0.3) is 0 Å². The van der Waals surface area contributed by atoms with E-state index in [2.05, 4.69) is 10.3 Å². The van der Waals surface area contributed by atoms with E-state index in [4.69, 9.17) is 16.3 Å². The number of hydrogen-bond donors (Lipinski definition) is 2. The van der Waals surface area contributed by atoms with Crippen LogP contribution in [0.5, 0.6) is 5.75 Å². The number of aliphatic imine (C=N–C) groups is 1. The first-order chi connectivity index (χ1) is 11.5. The lowest BCUT2D eigenvalue weighted by Gasteiger charge is -2.24. The highest BCUT2D eigenvalue weighted by molar-refractivity contribution is 7.99. The van der Waals surface area contributed by atoms with E-state index >= 15 is 0 Å². The van der Waals surface area contributed by atoms with Gasteiger partial charge in [0.05, 0.1) is 18.7 Å². The van der Waals surface area contributed by atoms with Gasteiger partial charge in [0.2, 0.25) is 0 Å². The van der Waals surface area contributed by atoms with E-state index in [0.717, 1.165) is 36.2 Å². The maximum Gasteiger partial charge on any atom is 0.193 e. The summed E-state index contributed by atoms with van der Waals surface area (Å²) in [4.78, 5) is 6.61. The molecule has 0 aromatic heterocycles. The molecule has 1 atom stereocenters. The largest absolute Gasteiger partial charge is 0.492 e. The third kappa shape index (κ3) is 6.07. The van der Waals surface area contributed by atoms with Crippen LogP contribution in [-0.4, -0.2) is 66.4 Å². The molecule has 1 aromatic carbocycles. The van der Waals surface area contributed by atoms with Crippen molar-refractivity contribution in [3.8, 4) is 5.75 Å². The molecular formula is C17H26ClN3O2S. The van der Waals surface area contributed by atoms with Crippen molar-refractivity contribution in [3.63, 3.8) is 0 Å². The number of guanidine groups is 1. The van der Waals surface area contributed by atoms with Gasteiger partial charge < -0.3 is 20.1 Å². The fraction of sp³-hybridized carbons (Fsp3) is 0.588. The molecule has 1 saturated heterocycles. The molecule has 1 heterocycles. The predicted molar refractivity (Wildman–Crippen MR) is 102 cm³/mol. The molecule has 7 heteroatoms. The van der Waals surface area contributed by atoms with Gasteiger partial charge in [-0.1, -0.05) is 17.7 Å². The lowest BCUT2D eigenvalue weighted by Crippen LogP contribution is -2.42. The van der Waals surface area contributed by atoms with Crippen molar-refractivity contribution in [1.82, 2.24) is 10.2 Å². The highest BCUT2D eigenvalue weighted by atomic mass is 35.5. The maximum atomic E-state index is 10.4. The van der Waals surface area contributed by atoms with E-state index in [1.54, 1.807) is 17.8 Å². The Morgan fingerprint density at radius 2 is 2.38 bits per heavy atom. The molecule has 2 rings (SSSR count). The standard InChI is InChI=1S/C17H26ClN3O2S/c1-3-19-16(20-12-17(22)7-10-24-13-17)21(2)8-9-23-15-6-4-5-14(18)11-15/h4-6,11,22H,3,7-10,12-13H2,1-2H3,(H,19,20). The van der Waals surface area contributed by atoms with E-state index in [1.807, 2.05) is 37.1 Å². The number of halogens is 1. The minimum Gasteiger partial charge on any atom is -0.492 e. The topological polar surface area (TPSA) is 57.1 Å². The molecule has 24 heavy (non-hydrogen) atoms. The first-order valence-electron chi connectivity index (χ1n) is 8.20. The molecule has 0 spiro atoms. The van der Waals surface area contributed by atoms with Crippen LogP contribution >= 0.6 is 23.4 Å². The van der Waals surface area contributed by atoms with Gasteiger partial charge in [-0.3, -0.25) is 4.99 Å². The van der Waals surface area contributed by atoms with Crippen LogP contribution in [0.4, 0.5) is 0 Å². The molecular weight excluding hydrogens is 346 g/mol. The number of ether oxygens (including phenoxy) is 1. The summed E-state index contributed by atoms with van der Waals surface area (Å²) < 4.78 is 5.72. The third-order valence-corrected chi connectivity index (χ3v) is 5.26. The lowest BCUT2D eigenvalue weighted by atomic mass is 10.1. The molecule has 1 aliphatic rings. The summed E-state index contributed by atoms with van der Waals surface area (Å²) in [6, 6.07) is 7.38. The molecule has 0 saturated carbocycles. The molecule has 5 nitrogen and oxygen atoms in total. The monoisotopic (exact) mass is 371 g/mol.